The van der Waals surface area contributed by atoms with Crippen LogP contribution in [0.1, 0.15) is 41.5 Å². The molecule has 1 aliphatic rings. The minimum Gasteiger partial charge on any atom is -0.366 e. The van der Waals surface area contributed by atoms with Crippen molar-refractivity contribution < 1.29 is 9.53 Å². The molecule has 1 fully saturated rings. The van der Waals surface area contributed by atoms with Gasteiger partial charge < -0.3 is 14.5 Å². The van der Waals surface area contributed by atoms with Gasteiger partial charge in [0.25, 0.3) is 5.91 Å². The average Bonchev–Trinajstić information content (AvgIpc) is 3.10. The van der Waals surface area contributed by atoms with Gasteiger partial charge in [0.15, 0.2) is 5.82 Å². The number of hydrogen-bond donors (Lipinski definition) is 1. The van der Waals surface area contributed by atoms with E-state index in [9.17, 15) is 4.79 Å². The summed E-state index contributed by atoms with van der Waals surface area (Å²) in [5.74, 6) is 2.08. The van der Waals surface area contributed by atoms with Gasteiger partial charge in [-0.25, -0.2) is 9.97 Å². The molecule has 134 valence electrons. The van der Waals surface area contributed by atoms with E-state index < -0.39 is 0 Å². The number of amides is 1. The molecule has 8 heteroatoms. The van der Waals surface area contributed by atoms with E-state index in [4.69, 9.17) is 4.74 Å². The predicted molar refractivity (Wildman–Crippen MR) is 93.5 cm³/mol. The Hall–Kier alpha value is -2.48. The van der Waals surface area contributed by atoms with E-state index in [1.54, 1.807) is 23.2 Å². The lowest BCUT2D eigenvalue weighted by molar-refractivity contribution is -0.0266. The van der Waals surface area contributed by atoms with Crippen LogP contribution in [0.5, 0.6) is 0 Å². The van der Waals surface area contributed by atoms with Crippen LogP contribution in [0.25, 0.3) is 0 Å². The Morgan fingerprint density at radius 1 is 1.48 bits per heavy atom. The van der Waals surface area contributed by atoms with Crippen LogP contribution in [-0.2, 0) is 11.2 Å². The molecule has 0 unspecified atom stereocenters. The van der Waals surface area contributed by atoms with Gasteiger partial charge >= 0.3 is 0 Å². The second-order valence-electron chi connectivity index (χ2n) is 6.27. The SMILES string of the molecule is CCCc1nc([C@@H]2CN(C(=O)c3cccnc3N(C)C)CCO2)n[nH]1. The predicted octanol–water partition coefficient (Wildman–Crippen LogP) is 1.43. The summed E-state index contributed by atoms with van der Waals surface area (Å²) in [6, 6.07) is 3.59. The Balaban J connectivity index is 1.75. The lowest BCUT2D eigenvalue weighted by Crippen LogP contribution is -2.43. The number of carbonyl (C=O) groups excluding carboxylic acids is 1. The highest BCUT2D eigenvalue weighted by molar-refractivity contribution is 5.98. The highest BCUT2D eigenvalue weighted by Gasteiger charge is 2.30. The van der Waals surface area contributed by atoms with Gasteiger partial charge in [-0.15, -0.1) is 0 Å². The number of carbonyl (C=O) groups is 1. The summed E-state index contributed by atoms with van der Waals surface area (Å²) in [7, 11) is 3.76. The number of aryl methyl sites for hydroxylation is 1. The number of hydrogen-bond acceptors (Lipinski definition) is 6. The van der Waals surface area contributed by atoms with Crippen molar-refractivity contribution in [2.45, 2.75) is 25.9 Å². The monoisotopic (exact) mass is 344 g/mol. The molecule has 2 aromatic rings. The van der Waals surface area contributed by atoms with Crippen molar-refractivity contribution in [2.24, 2.45) is 0 Å². The summed E-state index contributed by atoms with van der Waals surface area (Å²) >= 11 is 0. The Morgan fingerprint density at radius 2 is 2.32 bits per heavy atom. The second-order valence-corrected chi connectivity index (χ2v) is 6.27. The van der Waals surface area contributed by atoms with E-state index in [0.29, 0.717) is 36.9 Å². The van der Waals surface area contributed by atoms with Gasteiger partial charge in [0.05, 0.1) is 18.7 Å². The topological polar surface area (TPSA) is 87.2 Å². The van der Waals surface area contributed by atoms with Crippen LogP contribution >= 0.6 is 0 Å². The van der Waals surface area contributed by atoms with Crippen molar-refractivity contribution in [1.29, 1.82) is 0 Å². The van der Waals surface area contributed by atoms with Crippen molar-refractivity contribution in [3.63, 3.8) is 0 Å². The van der Waals surface area contributed by atoms with Crippen molar-refractivity contribution in [2.75, 3.05) is 38.7 Å². The zero-order valence-corrected chi connectivity index (χ0v) is 14.9. The van der Waals surface area contributed by atoms with E-state index in [2.05, 4.69) is 27.1 Å². The van der Waals surface area contributed by atoms with Gasteiger partial charge in [0.2, 0.25) is 0 Å². The zero-order chi connectivity index (χ0) is 17.8. The number of rotatable bonds is 5. The summed E-state index contributed by atoms with van der Waals surface area (Å²) in [6.45, 7) is 3.54. The normalized spacial score (nSPS) is 17.6. The summed E-state index contributed by atoms with van der Waals surface area (Å²) < 4.78 is 5.78. The molecule has 2 aromatic heterocycles. The standard InChI is InChI=1S/C17H24N6O2/c1-4-6-14-19-15(21-20-14)13-11-23(9-10-25-13)17(24)12-7-5-8-18-16(12)22(2)3/h5,7-8,13H,4,6,9-11H2,1-3H3,(H,19,20,21)/t13-/m0/s1. The van der Waals surface area contributed by atoms with E-state index in [0.717, 1.165) is 18.7 Å². The largest absolute Gasteiger partial charge is 0.366 e. The summed E-state index contributed by atoms with van der Waals surface area (Å²) in [4.78, 5) is 25.4. The molecule has 1 N–H and O–H groups in total. The molecule has 0 radical (unpaired) electrons. The second kappa shape index (κ2) is 7.60. The molecule has 1 amide bonds. The van der Waals surface area contributed by atoms with Gasteiger partial charge in [-0.2, -0.15) is 5.10 Å². The highest BCUT2D eigenvalue weighted by Crippen LogP contribution is 2.23. The molecule has 0 aromatic carbocycles. The van der Waals surface area contributed by atoms with E-state index in [1.807, 2.05) is 19.0 Å². The van der Waals surface area contributed by atoms with E-state index in [1.165, 1.54) is 0 Å². The van der Waals surface area contributed by atoms with Gasteiger partial charge in [-0.1, -0.05) is 6.92 Å². The number of pyridine rings is 1. The number of nitrogens with zero attached hydrogens (tertiary/aromatic N) is 5. The fourth-order valence-electron chi connectivity index (χ4n) is 2.88. The number of aromatic amines is 1. The van der Waals surface area contributed by atoms with Crippen LogP contribution in [0.15, 0.2) is 18.3 Å². The number of anilines is 1. The molecule has 1 saturated heterocycles. The zero-order valence-electron chi connectivity index (χ0n) is 14.9. The molecule has 0 spiro atoms. The summed E-state index contributed by atoms with van der Waals surface area (Å²) in [5, 5.41) is 7.19. The van der Waals surface area contributed by atoms with Crippen LogP contribution in [0.2, 0.25) is 0 Å². The quantitative estimate of drug-likeness (QED) is 0.883. The van der Waals surface area contributed by atoms with Crippen LogP contribution in [0.4, 0.5) is 5.82 Å². The van der Waals surface area contributed by atoms with Crippen molar-refractivity contribution >= 4 is 11.7 Å². The molecule has 1 atom stereocenters. The third-order valence-electron chi connectivity index (χ3n) is 4.12. The minimum absolute atomic E-state index is 0.0468. The van der Waals surface area contributed by atoms with Crippen molar-refractivity contribution in [1.82, 2.24) is 25.1 Å². The lowest BCUT2D eigenvalue weighted by Gasteiger charge is -2.32. The first-order valence-electron chi connectivity index (χ1n) is 8.54. The Bertz CT molecular complexity index is 729. The maximum atomic E-state index is 13.0. The number of H-pyrrole nitrogens is 1. The fraction of sp³-hybridized carbons (Fsp3) is 0.529. The number of morpholine rings is 1. The third kappa shape index (κ3) is 3.79. The number of ether oxygens (including phenoxy) is 1. The average molecular weight is 344 g/mol. The maximum absolute atomic E-state index is 13.0. The Morgan fingerprint density at radius 3 is 3.08 bits per heavy atom. The number of aromatic nitrogens is 4. The first-order chi connectivity index (χ1) is 12.1. The first kappa shape index (κ1) is 17.3. The van der Waals surface area contributed by atoms with Gasteiger partial charge in [0.1, 0.15) is 17.7 Å². The van der Waals surface area contributed by atoms with Crippen LogP contribution in [0, 0.1) is 0 Å². The molecular formula is C17H24N6O2. The van der Waals surface area contributed by atoms with Crippen molar-refractivity contribution in [3.05, 3.63) is 35.5 Å². The molecule has 25 heavy (non-hydrogen) atoms. The van der Waals surface area contributed by atoms with Crippen LogP contribution < -0.4 is 4.90 Å². The van der Waals surface area contributed by atoms with Gasteiger partial charge in [0, 0.05) is 33.3 Å². The molecule has 0 bridgehead atoms. The molecule has 1 aliphatic heterocycles. The summed E-state index contributed by atoms with van der Waals surface area (Å²) in [6.07, 6.45) is 3.24. The van der Waals surface area contributed by atoms with Gasteiger partial charge in [-0.3, -0.25) is 9.89 Å². The molecule has 0 aliphatic carbocycles. The molecule has 0 saturated carbocycles. The Labute approximate surface area is 147 Å². The van der Waals surface area contributed by atoms with Gasteiger partial charge in [-0.05, 0) is 18.6 Å². The lowest BCUT2D eigenvalue weighted by atomic mass is 10.2. The fourth-order valence-corrected chi connectivity index (χ4v) is 2.88. The third-order valence-corrected chi connectivity index (χ3v) is 4.12. The number of nitrogens with one attached hydrogen (secondary N) is 1. The highest BCUT2D eigenvalue weighted by atomic mass is 16.5. The molecule has 3 heterocycles. The van der Waals surface area contributed by atoms with E-state index in [-0.39, 0.29) is 12.0 Å². The van der Waals surface area contributed by atoms with Crippen LogP contribution in [0.3, 0.4) is 0 Å². The van der Waals surface area contributed by atoms with Crippen LogP contribution in [-0.4, -0.2) is 64.8 Å². The molecule has 8 nitrogen and oxygen atoms in total. The molecular weight excluding hydrogens is 320 g/mol. The summed E-state index contributed by atoms with van der Waals surface area (Å²) in [5.41, 5.74) is 0.592. The van der Waals surface area contributed by atoms with E-state index >= 15 is 0 Å². The van der Waals surface area contributed by atoms with Crippen molar-refractivity contribution in [3.8, 4) is 0 Å². The molecule has 3 rings (SSSR count). The first-order valence-corrected chi connectivity index (χ1v) is 8.54. The Kier molecular flexibility index (Phi) is 5.28. The minimum atomic E-state index is -0.306. The maximum Gasteiger partial charge on any atom is 0.257 e. The smallest absolute Gasteiger partial charge is 0.257 e.